The summed E-state index contributed by atoms with van der Waals surface area (Å²) in [7, 11) is -3.17. The molecule has 0 aliphatic carbocycles. The van der Waals surface area contributed by atoms with Gasteiger partial charge in [0.2, 0.25) is 0 Å². The van der Waals surface area contributed by atoms with Crippen LogP contribution < -0.4 is 4.90 Å². The van der Waals surface area contributed by atoms with Crippen LogP contribution in [0.25, 0.3) is 0 Å². The van der Waals surface area contributed by atoms with Gasteiger partial charge in [0.25, 0.3) is 5.91 Å². The maximum atomic E-state index is 12.6. The van der Waals surface area contributed by atoms with E-state index in [-0.39, 0.29) is 35.1 Å². The zero-order chi connectivity index (χ0) is 20.8. The van der Waals surface area contributed by atoms with Gasteiger partial charge in [-0.05, 0) is 23.8 Å². The molecule has 2 aliphatic rings. The molecule has 0 N–H and O–H groups in total. The number of amidine groups is 1. The lowest BCUT2D eigenvalue weighted by Gasteiger charge is -2.25. The topological polar surface area (TPSA) is 66.8 Å². The number of benzene rings is 2. The van der Waals surface area contributed by atoms with Crippen molar-refractivity contribution in [3.05, 3.63) is 63.1 Å². The zero-order valence-corrected chi connectivity index (χ0v) is 18.8. The van der Waals surface area contributed by atoms with Crippen LogP contribution in [0.3, 0.4) is 0 Å². The van der Waals surface area contributed by atoms with Crippen molar-refractivity contribution in [2.45, 2.75) is 17.7 Å². The molecule has 2 aliphatic heterocycles. The van der Waals surface area contributed by atoms with E-state index in [4.69, 9.17) is 34.8 Å². The first-order chi connectivity index (χ1) is 13.7. The van der Waals surface area contributed by atoms with Crippen molar-refractivity contribution >= 4 is 73.2 Å². The number of thioether (sulfide) groups is 1. The Morgan fingerprint density at radius 3 is 2.55 bits per heavy atom. The van der Waals surface area contributed by atoms with Gasteiger partial charge in [-0.3, -0.25) is 4.79 Å². The number of hydrogen-bond acceptors (Lipinski definition) is 4. The molecular weight excluding hydrogens is 475 g/mol. The number of aliphatic imine (C=N–C) groups is 1. The molecule has 0 radical (unpaired) electrons. The quantitative estimate of drug-likeness (QED) is 0.635. The fourth-order valence-electron chi connectivity index (χ4n) is 3.48. The Kier molecular flexibility index (Phi) is 5.88. The van der Waals surface area contributed by atoms with Crippen molar-refractivity contribution < 1.29 is 13.2 Å². The molecule has 4 rings (SSSR count). The van der Waals surface area contributed by atoms with E-state index in [9.17, 15) is 13.2 Å². The standard InChI is InChI=1S/C19H15Cl3N2O3S2/c20-12-5-2-1-4-11(12)8-17(25)23-19-24(14-7-3-6-13(21)18(14)22)15-9-29(26,27)10-16(15)28-19/h1-7,15-16H,8-10H2. The predicted octanol–water partition coefficient (Wildman–Crippen LogP) is 4.49. The van der Waals surface area contributed by atoms with Crippen LogP contribution in [0.2, 0.25) is 15.1 Å². The molecular formula is C19H15Cl3N2O3S2. The summed E-state index contributed by atoms with van der Waals surface area (Å²) in [6.07, 6.45) is 0.0501. The normalized spacial score (nSPS) is 24.1. The summed E-state index contributed by atoms with van der Waals surface area (Å²) in [5, 5.41) is 1.35. The van der Waals surface area contributed by atoms with E-state index in [0.29, 0.717) is 31.5 Å². The second-order valence-electron chi connectivity index (χ2n) is 6.80. The lowest BCUT2D eigenvalue weighted by molar-refractivity contribution is -0.117. The Labute approximate surface area is 188 Å². The fourth-order valence-corrected chi connectivity index (χ4v) is 7.99. The Bertz CT molecular complexity index is 1120. The highest BCUT2D eigenvalue weighted by molar-refractivity contribution is 8.16. The smallest absolute Gasteiger partial charge is 0.252 e. The first-order valence-corrected chi connectivity index (χ1v) is 12.5. The van der Waals surface area contributed by atoms with Crippen LogP contribution in [-0.2, 0) is 21.1 Å². The van der Waals surface area contributed by atoms with Gasteiger partial charge in [-0.25, -0.2) is 8.42 Å². The molecule has 2 heterocycles. The number of rotatable bonds is 3. The summed E-state index contributed by atoms with van der Waals surface area (Å²) >= 11 is 20.0. The van der Waals surface area contributed by atoms with E-state index in [1.165, 1.54) is 11.8 Å². The van der Waals surface area contributed by atoms with Gasteiger partial charge in [0.05, 0.1) is 39.7 Å². The Morgan fingerprint density at radius 1 is 1.07 bits per heavy atom. The first-order valence-electron chi connectivity index (χ1n) is 8.70. The SMILES string of the molecule is O=C(Cc1ccccc1Cl)N=C1SC2CS(=O)(=O)CC2N1c1cccc(Cl)c1Cl. The highest BCUT2D eigenvalue weighted by atomic mass is 35.5. The first kappa shape index (κ1) is 21.0. The monoisotopic (exact) mass is 488 g/mol. The van der Waals surface area contributed by atoms with Crippen LogP contribution in [0.1, 0.15) is 5.56 Å². The van der Waals surface area contributed by atoms with Gasteiger partial charge in [-0.1, -0.05) is 70.8 Å². The van der Waals surface area contributed by atoms with Gasteiger partial charge in [0, 0.05) is 10.3 Å². The molecule has 2 aromatic rings. The number of amides is 1. The van der Waals surface area contributed by atoms with Crippen molar-refractivity contribution in [2.24, 2.45) is 4.99 Å². The van der Waals surface area contributed by atoms with E-state index >= 15 is 0 Å². The number of fused-ring (bicyclic) bond motifs is 1. The predicted molar refractivity (Wildman–Crippen MR) is 120 cm³/mol. The number of hydrogen-bond donors (Lipinski definition) is 0. The third-order valence-electron chi connectivity index (χ3n) is 4.78. The molecule has 2 unspecified atom stereocenters. The van der Waals surface area contributed by atoms with Crippen molar-refractivity contribution in [1.82, 2.24) is 0 Å². The number of carbonyl (C=O) groups is 1. The highest BCUT2D eigenvalue weighted by Gasteiger charge is 2.49. The van der Waals surface area contributed by atoms with Crippen LogP contribution in [0.5, 0.6) is 0 Å². The minimum atomic E-state index is -3.17. The lowest BCUT2D eigenvalue weighted by atomic mass is 10.1. The molecule has 152 valence electrons. The number of nitrogens with zero attached hydrogens (tertiary/aromatic N) is 2. The molecule has 0 aromatic heterocycles. The van der Waals surface area contributed by atoms with Gasteiger partial charge in [0.15, 0.2) is 15.0 Å². The van der Waals surface area contributed by atoms with Crippen molar-refractivity contribution in [3.63, 3.8) is 0 Å². The zero-order valence-electron chi connectivity index (χ0n) is 14.9. The summed E-state index contributed by atoms with van der Waals surface area (Å²) < 4.78 is 24.3. The molecule has 10 heteroatoms. The van der Waals surface area contributed by atoms with E-state index in [1.807, 2.05) is 0 Å². The van der Waals surface area contributed by atoms with Crippen LogP contribution in [0, 0.1) is 0 Å². The van der Waals surface area contributed by atoms with Crippen molar-refractivity contribution in [3.8, 4) is 0 Å². The molecule has 0 saturated carbocycles. The number of anilines is 1. The molecule has 2 aromatic carbocycles. The van der Waals surface area contributed by atoms with E-state index < -0.39 is 9.84 Å². The average molecular weight is 490 g/mol. The van der Waals surface area contributed by atoms with E-state index in [2.05, 4.69) is 4.99 Å². The maximum absolute atomic E-state index is 12.6. The summed E-state index contributed by atoms with van der Waals surface area (Å²) in [5.41, 5.74) is 1.22. The fraction of sp³-hybridized carbons (Fsp3) is 0.263. The van der Waals surface area contributed by atoms with Gasteiger partial charge in [-0.15, -0.1) is 0 Å². The minimum absolute atomic E-state index is 0.0226. The maximum Gasteiger partial charge on any atom is 0.252 e. The van der Waals surface area contributed by atoms with Crippen LogP contribution in [0.15, 0.2) is 47.5 Å². The van der Waals surface area contributed by atoms with Crippen LogP contribution >= 0.6 is 46.6 Å². The van der Waals surface area contributed by atoms with Gasteiger partial charge in [-0.2, -0.15) is 4.99 Å². The third kappa shape index (κ3) is 4.30. The Morgan fingerprint density at radius 2 is 1.79 bits per heavy atom. The molecule has 0 bridgehead atoms. The van der Waals surface area contributed by atoms with Gasteiger partial charge in [0.1, 0.15) is 0 Å². The third-order valence-corrected chi connectivity index (χ3v) is 9.16. The van der Waals surface area contributed by atoms with Gasteiger partial charge >= 0.3 is 0 Å². The minimum Gasteiger partial charge on any atom is -0.314 e. The number of sulfone groups is 1. The number of carbonyl (C=O) groups excluding carboxylic acids is 1. The Hall–Kier alpha value is -1.25. The molecule has 5 nitrogen and oxygen atoms in total. The molecule has 29 heavy (non-hydrogen) atoms. The highest BCUT2D eigenvalue weighted by Crippen LogP contribution is 2.44. The summed E-state index contributed by atoms with van der Waals surface area (Å²) in [6, 6.07) is 11.9. The van der Waals surface area contributed by atoms with Crippen molar-refractivity contribution in [1.29, 1.82) is 0 Å². The summed E-state index contributed by atoms with van der Waals surface area (Å²) in [6.45, 7) is 0. The summed E-state index contributed by atoms with van der Waals surface area (Å²) in [4.78, 5) is 18.7. The van der Waals surface area contributed by atoms with Gasteiger partial charge < -0.3 is 4.90 Å². The molecule has 2 atom stereocenters. The van der Waals surface area contributed by atoms with E-state index in [1.54, 1.807) is 47.4 Å². The molecule has 0 spiro atoms. The second kappa shape index (κ2) is 8.12. The van der Waals surface area contributed by atoms with Crippen LogP contribution in [-0.4, -0.2) is 42.3 Å². The number of halogens is 3. The lowest BCUT2D eigenvalue weighted by Crippen LogP contribution is -2.38. The Balaban J connectivity index is 1.70. The molecule has 2 saturated heterocycles. The average Bonchev–Trinajstić information content (AvgIpc) is 3.10. The second-order valence-corrected chi connectivity index (χ2v) is 11.4. The van der Waals surface area contributed by atoms with Crippen molar-refractivity contribution in [2.75, 3.05) is 16.4 Å². The largest absolute Gasteiger partial charge is 0.314 e. The molecule has 1 amide bonds. The van der Waals surface area contributed by atoms with E-state index in [0.717, 1.165) is 0 Å². The summed E-state index contributed by atoms with van der Waals surface area (Å²) in [5.74, 6) is -0.355. The molecule has 2 fully saturated rings. The van der Waals surface area contributed by atoms with Crippen LogP contribution in [0.4, 0.5) is 5.69 Å².